The molecule has 5 nitrogen and oxygen atoms in total. The Bertz CT molecular complexity index is 868. The first kappa shape index (κ1) is 16.1. The number of hydrogen-bond donors (Lipinski definition) is 2. The van der Waals surface area contributed by atoms with E-state index in [0.29, 0.717) is 13.1 Å². The van der Waals surface area contributed by atoms with Crippen LogP contribution in [0.25, 0.3) is 10.9 Å². The molecule has 0 aliphatic rings. The molecule has 24 heavy (non-hydrogen) atoms. The minimum absolute atomic E-state index is 0.0430. The minimum Gasteiger partial charge on any atom is -0.382 e. The Hall–Kier alpha value is -2.82. The van der Waals surface area contributed by atoms with Crippen molar-refractivity contribution >= 4 is 22.5 Å². The third-order valence-corrected chi connectivity index (χ3v) is 4.28. The summed E-state index contributed by atoms with van der Waals surface area (Å²) in [6.45, 7) is 5.28. The van der Waals surface area contributed by atoms with Gasteiger partial charge in [-0.3, -0.25) is 9.78 Å². The van der Waals surface area contributed by atoms with Crippen LogP contribution < -0.4 is 10.6 Å². The van der Waals surface area contributed by atoms with E-state index in [1.807, 2.05) is 36.7 Å². The fourth-order valence-corrected chi connectivity index (χ4v) is 3.15. The number of anilines is 1. The first-order chi connectivity index (χ1) is 11.6. The summed E-state index contributed by atoms with van der Waals surface area (Å²) in [7, 11) is 1.95. The molecule has 0 spiro atoms. The Morgan fingerprint density at radius 1 is 1.17 bits per heavy atom. The van der Waals surface area contributed by atoms with E-state index in [9.17, 15) is 4.79 Å². The second kappa shape index (κ2) is 6.74. The number of benzene rings is 1. The molecule has 0 fully saturated rings. The number of nitrogens with zero attached hydrogens (tertiary/aromatic N) is 2. The summed E-state index contributed by atoms with van der Waals surface area (Å²) in [4.78, 5) is 16.7. The van der Waals surface area contributed by atoms with Gasteiger partial charge in [0.15, 0.2) is 0 Å². The van der Waals surface area contributed by atoms with Crippen LogP contribution in [-0.4, -0.2) is 28.5 Å². The molecule has 5 heteroatoms. The van der Waals surface area contributed by atoms with Crippen LogP contribution >= 0.6 is 0 Å². The third kappa shape index (κ3) is 2.97. The number of aromatic nitrogens is 2. The molecule has 3 rings (SSSR count). The van der Waals surface area contributed by atoms with Gasteiger partial charge >= 0.3 is 0 Å². The zero-order valence-corrected chi connectivity index (χ0v) is 14.3. The molecule has 0 aliphatic heterocycles. The van der Waals surface area contributed by atoms with Gasteiger partial charge in [0.2, 0.25) is 0 Å². The Balaban J connectivity index is 1.69. The van der Waals surface area contributed by atoms with E-state index in [2.05, 4.69) is 34.7 Å². The average Bonchev–Trinajstić information content (AvgIpc) is 2.85. The largest absolute Gasteiger partial charge is 0.382 e. The molecule has 0 bridgehead atoms. The summed E-state index contributed by atoms with van der Waals surface area (Å²) in [6, 6.07) is 10.00. The predicted octanol–water partition coefficient (Wildman–Crippen LogP) is 3.03. The van der Waals surface area contributed by atoms with Crippen LogP contribution in [-0.2, 0) is 7.05 Å². The topological polar surface area (TPSA) is 59.0 Å². The molecule has 1 amide bonds. The van der Waals surface area contributed by atoms with Crippen molar-refractivity contribution in [2.75, 3.05) is 18.4 Å². The summed E-state index contributed by atoms with van der Waals surface area (Å²) in [6.07, 6.45) is 3.50. The molecule has 0 saturated heterocycles. The highest BCUT2D eigenvalue weighted by Gasteiger charge is 2.18. The summed E-state index contributed by atoms with van der Waals surface area (Å²) >= 11 is 0. The molecule has 0 atom stereocenters. The van der Waals surface area contributed by atoms with E-state index in [4.69, 9.17) is 0 Å². The van der Waals surface area contributed by atoms with Crippen molar-refractivity contribution in [3.63, 3.8) is 0 Å². The number of amides is 1. The van der Waals surface area contributed by atoms with Crippen LogP contribution in [0.2, 0.25) is 0 Å². The number of pyridine rings is 1. The zero-order valence-electron chi connectivity index (χ0n) is 14.3. The Morgan fingerprint density at radius 3 is 2.71 bits per heavy atom. The van der Waals surface area contributed by atoms with E-state index >= 15 is 0 Å². The van der Waals surface area contributed by atoms with Crippen molar-refractivity contribution in [3.05, 3.63) is 59.5 Å². The maximum atomic E-state index is 12.6. The van der Waals surface area contributed by atoms with Crippen LogP contribution in [0.3, 0.4) is 0 Å². The van der Waals surface area contributed by atoms with Crippen LogP contribution in [0.1, 0.15) is 21.6 Å². The van der Waals surface area contributed by atoms with Gasteiger partial charge in [-0.1, -0.05) is 18.2 Å². The molecule has 2 heterocycles. The number of carbonyl (C=O) groups is 1. The fraction of sp³-hybridized carbons (Fsp3) is 0.263. The zero-order chi connectivity index (χ0) is 17.1. The smallest absolute Gasteiger partial charge is 0.268 e. The van der Waals surface area contributed by atoms with Gasteiger partial charge in [0, 0.05) is 37.9 Å². The Labute approximate surface area is 141 Å². The number of nitrogens with one attached hydrogen (secondary N) is 2. The third-order valence-electron chi connectivity index (χ3n) is 4.28. The molecular weight excluding hydrogens is 300 g/mol. The summed E-state index contributed by atoms with van der Waals surface area (Å²) in [5.41, 5.74) is 4.99. The number of para-hydroxylation sites is 1. The van der Waals surface area contributed by atoms with Crippen molar-refractivity contribution in [2.24, 2.45) is 7.05 Å². The number of hydrogen-bond acceptors (Lipinski definition) is 3. The lowest BCUT2D eigenvalue weighted by molar-refractivity contribution is 0.0947. The standard InChI is InChI=1S/C19H22N4O/c1-13-6-4-8-16-14(2)18(23(3)17(13)16)19(24)22-11-10-21-15-7-5-9-20-12-15/h4-9,12,21H,10-11H2,1-3H3,(H,22,24). The van der Waals surface area contributed by atoms with Crippen molar-refractivity contribution in [1.29, 1.82) is 0 Å². The maximum Gasteiger partial charge on any atom is 0.268 e. The SMILES string of the molecule is Cc1c(C(=O)NCCNc2cccnc2)n(C)c2c(C)cccc12. The number of rotatable bonds is 5. The number of fused-ring (bicyclic) bond motifs is 1. The Morgan fingerprint density at radius 2 is 2.00 bits per heavy atom. The van der Waals surface area contributed by atoms with Gasteiger partial charge < -0.3 is 15.2 Å². The molecule has 3 aromatic rings. The molecule has 0 saturated carbocycles. The Kier molecular flexibility index (Phi) is 4.51. The lowest BCUT2D eigenvalue weighted by atomic mass is 10.1. The summed E-state index contributed by atoms with van der Waals surface area (Å²) < 4.78 is 1.99. The van der Waals surface area contributed by atoms with Gasteiger partial charge in [0.1, 0.15) is 5.69 Å². The second-order valence-electron chi connectivity index (χ2n) is 5.93. The normalized spacial score (nSPS) is 10.8. The van der Waals surface area contributed by atoms with Crippen LogP contribution in [0.4, 0.5) is 5.69 Å². The van der Waals surface area contributed by atoms with Gasteiger partial charge in [0.05, 0.1) is 11.2 Å². The van der Waals surface area contributed by atoms with Gasteiger partial charge in [-0.15, -0.1) is 0 Å². The second-order valence-corrected chi connectivity index (χ2v) is 5.93. The lowest BCUT2D eigenvalue weighted by Crippen LogP contribution is -2.30. The molecule has 0 radical (unpaired) electrons. The van der Waals surface area contributed by atoms with Gasteiger partial charge in [-0.2, -0.15) is 0 Å². The van der Waals surface area contributed by atoms with Crippen molar-refractivity contribution in [2.45, 2.75) is 13.8 Å². The van der Waals surface area contributed by atoms with Crippen LogP contribution in [0.15, 0.2) is 42.7 Å². The first-order valence-electron chi connectivity index (χ1n) is 8.06. The van der Waals surface area contributed by atoms with Crippen molar-refractivity contribution < 1.29 is 4.79 Å². The average molecular weight is 322 g/mol. The lowest BCUT2D eigenvalue weighted by Gasteiger charge is -2.09. The molecule has 0 aliphatic carbocycles. The molecule has 1 aromatic carbocycles. The van der Waals surface area contributed by atoms with Crippen molar-refractivity contribution in [1.82, 2.24) is 14.9 Å². The fourth-order valence-electron chi connectivity index (χ4n) is 3.15. The van der Waals surface area contributed by atoms with E-state index in [0.717, 1.165) is 27.8 Å². The maximum absolute atomic E-state index is 12.6. The highest BCUT2D eigenvalue weighted by molar-refractivity contribution is 6.02. The molecule has 2 N–H and O–H groups in total. The quantitative estimate of drug-likeness (QED) is 0.710. The van der Waals surface area contributed by atoms with Gasteiger partial charge in [-0.25, -0.2) is 0 Å². The molecule has 0 unspecified atom stereocenters. The number of carbonyl (C=O) groups excluding carboxylic acids is 1. The van der Waals surface area contributed by atoms with Crippen molar-refractivity contribution in [3.8, 4) is 0 Å². The van der Waals surface area contributed by atoms with Gasteiger partial charge in [-0.05, 0) is 37.1 Å². The summed E-state index contributed by atoms with van der Waals surface area (Å²) in [5, 5.41) is 7.36. The highest BCUT2D eigenvalue weighted by Crippen LogP contribution is 2.26. The molecule has 124 valence electrons. The molecular formula is C19H22N4O. The molecule has 2 aromatic heterocycles. The van der Waals surface area contributed by atoms with E-state index in [1.54, 1.807) is 12.4 Å². The van der Waals surface area contributed by atoms with E-state index in [-0.39, 0.29) is 5.91 Å². The highest BCUT2D eigenvalue weighted by atomic mass is 16.1. The van der Waals surface area contributed by atoms with Crippen LogP contribution in [0, 0.1) is 13.8 Å². The summed E-state index contributed by atoms with van der Waals surface area (Å²) in [5.74, 6) is -0.0430. The minimum atomic E-state index is -0.0430. The first-order valence-corrected chi connectivity index (χ1v) is 8.06. The predicted molar refractivity (Wildman–Crippen MR) is 97.5 cm³/mol. The number of aryl methyl sites for hydroxylation is 3. The van der Waals surface area contributed by atoms with E-state index in [1.165, 1.54) is 5.56 Å². The monoisotopic (exact) mass is 322 g/mol. The van der Waals surface area contributed by atoms with E-state index < -0.39 is 0 Å². The van der Waals surface area contributed by atoms with Gasteiger partial charge in [0.25, 0.3) is 5.91 Å². The van der Waals surface area contributed by atoms with Crippen LogP contribution in [0.5, 0.6) is 0 Å².